The van der Waals surface area contributed by atoms with Crippen LogP contribution in [0.2, 0.25) is 0 Å². The number of carbonyl (C=O) groups is 1. The summed E-state index contributed by atoms with van der Waals surface area (Å²) in [5.41, 5.74) is 0.408. The molecular formula is C16H24F3N3O2. The summed E-state index contributed by atoms with van der Waals surface area (Å²) in [5.74, 6) is -0.313. The highest BCUT2D eigenvalue weighted by Gasteiger charge is 2.31. The molecule has 24 heavy (non-hydrogen) atoms. The van der Waals surface area contributed by atoms with Gasteiger partial charge in [-0.05, 0) is 26.7 Å². The third-order valence-corrected chi connectivity index (χ3v) is 4.60. The number of aliphatic hydroxyl groups is 1. The summed E-state index contributed by atoms with van der Waals surface area (Å²) in [6.45, 7) is 2.14. The first-order chi connectivity index (χ1) is 11.1. The molecule has 136 valence electrons. The van der Waals surface area contributed by atoms with Crippen LogP contribution in [0.3, 0.4) is 0 Å². The van der Waals surface area contributed by atoms with E-state index in [0.29, 0.717) is 29.8 Å². The van der Waals surface area contributed by atoms with Gasteiger partial charge in [-0.3, -0.25) is 9.48 Å². The van der Waals surface area contributed by atoms with E-state index < -0.39 is 18.3 Å². The fraction of sp³-hybridized carbons (Fsp3) is 0.750. The van der Waals surface area contributed by atoms with Gasteiger partial charge in [0.15, 0.2) is 0 Å². The number of aromatic nitrogens is 2. The van der Waals surface area contributed by atoms with Crippen molar-refractivity contribution in [2.45, 2.75) is 70.7 Å². The second kappa shape index (κ2) is 7.13. The predicted molar refractivity (Wildman–Crippen MR) is 82.5 cm³/mol. The van der Waals surface area contributed by atoms with Crippen LogP contribution in [-0.4, -0.2) is 39.1 Å². The molecule has 8 heteroatoms. The SMILES string of the molecule is Cc1nn(CC(F)(F)F)c(C)c1CC(=O)NCC1(O)CCCCC1. The summed E-state index contributed by atoms with van der Waals surface area (Å²) in [6.07, 6.45) is -0.0983. The number of halogens is 3. The minimum absolute atomic E-state index is 0.0361. The molecule has 0 aliphatic heterocycles. The monoisotopic (exact) mass is 347 g/mol. The molecule has 0 radical (unpaired) electrons. The van der Waals surface area contributed by atoms with Crippen LogP contribution in [0.4, 0.5) is 13.2 Å². The Balaban J connectivity index is 1.96. The maximum atomic E-state index is 12.5. The fourth-order valence-corrected chi connectivity index (χ4v) is 3.19. The summed E-state index contributed by atoms with van der Waals surface area (Å²) >= 11 is 0. The molecule has 1 aromatic heterocycles. The smallest absolute Gasteiger partial charge is 0.388 e. The van der Waals surface area contributed by atoms with Crippen molar-refractivity contribution in [1.82, 2.24) is 15.1 Å². The van der Waals surface area contributed by atoms with E-state index in [0.717, 1.165) is 23.9 Å². The number of hydrogen-bond donors (Lipinski definition) is 2. The van der Waals surface area contributed by atoms with Gasteiger partial charge in [0.05, 0.1) is 17.7 Å². The number of nitrogens with one attached hydrogen (secondary N) is 1. The number of aryl methyl sites for hydroxylation is 1. The Bertz CT molecular complexity index is 590. The van der Waals surface area contributed by atoms with Crippen molar-refractivity contribution in [1.29, 1.82) is 0 Å². The largest absolute Gasteiger partial charge is 0.408 e. The van der Waals surface area contributed by atoms with Gasteiger partial charge in [0, 0.05) is 17.8 Å². The lowest BCUT2D eigenvalue weighted by atomic mass is 9.85. The standard InChI is InChI=1S/C16H24F3N3O2/c1-11-13(12(2)22(21-11)10-16(17,18)19)8-14(23)20-9-15(24)6-4-3-5-7-15/h24H,3-10H2,1-2H3,(H,20,23). The highest BCUT2D eigenvalue weighted by Crippen LogP contribution is 2.27. The Morgan fingerprint density at radius 3 is 2.50 bits per heavy atom. The molecule has 1 amide bonds. The number of alkyl halides is 3. The first-order valence-electron chi connectivity index (χ1n) is 8.18. The maximum absolute atomic E-state index is 12.5. The van der Waals surface area contributed by atoms with Gasteiger partial charge < -0.3 is 10.4 Å². The lowest BCUT2D eigenvalue weighted by molar-refractivity contribution is -0.143. The molecule has 0 bridgehead atoms. The predicted octanol–water partition coefficient (Wildman–Crippen LogP) is 2.42. The van der Waals surface area contributed by atoms with Gasteiger partial charge >= 0.3 is 6.18 Å². The Morgan fingerprint density at radius 2 is 1.92 bits per heavy atom. The van der Waals surface area contributed by atoms with Crippen molar-refractivity contribution >= 4 is 5.91 Å². The molecule has 0 atom stereocenters. The van der Waals surface area contributed by atoms with Crippen LogP contribution in [0.5, 0.6) is 0 Å². The van der Waals surface area contributed by atoms with Crippen molar-refractivity contribution in [3.63, 3.8) is 0 Å². The molecule has 2 N–H and O–H groups in total. The number of rotatable bonds is 5. The van der Waals surface area contributed by atoms with Gasteiger partial charge in [-0.1, -0.05) is 19.3 Å². The van der Waals surface area contributed by atoms with Crippen LogP contribution >= 0.6 is 0 Å². The normalized spacial score (nSPS) is 17.8. The highest BCUT2D eigenvalue weighted by molar-refractivity contribution is 5.79. The zero-order valence-electron chi connectivity index (χ0n) is 14.0. The lowest BCUT2D eigenvalue weighted by Gasteiger charge is -2.32. The van der Waals surface area contributed by atoms with Crippen molar-refractivity contribution in [2.75, 3.05) is 6.54 Å². The molecule has 0 aromatic carbocycles. The average molecular weight is 347 g/mol. The third kappa shape index (κ3) is 4.96. The fourth-order valence-electron chi connectivity index (χ4n) is 3.19. The van der Waals surface area contributed by atoms with E-state index in [1.807, 2.05) is 0 Å². The molecule has 1 aliphatic carbocycles. The van der Waals surface area contributed by atoms with Crippen molar-refractivity contribution in [3.05, 3.63) is 17.0 Å². The average Bonchev–Trinajstić information content (AvgIpc) is 2.72. The van der Waals surface area contributed by atoms with Gasteiger partial charge in [-0.25, -0.2) is 0 Å². The Hall–Kier alpha value is -1.57. The molecule has 5 nitrogen and oxygen atoms in total. The van der Waals surface area contributed by atoms with Gasteiger partial charge in [0.25, 0.3) is 0 Å². The molecule has 1 aromatic rings. The van der Waals surface area contributed by atoms with Gasteiger partial charge in [0.2, 0.25) is 5.91 Å². The molecule has 0 saturated heterocycles. The van der Waals surface area contributed by atoms with Crippen LogP contribution in [0.15, 0.2) is 0 Å². The van der Waals surface area contributed by atoms with E-state index in [1.54, 1.807) is 6.92 Å². The van der Waals surface area contributed by atoms with E-state index in [9.17, 15) is 23.1 Å². The van der Waals surface area contributed by atoms with E-state index in [2.05, 4.69) is 10.4 Å². The maximum Gasteiger partial charge on any atom is 0.408 e. The third-order valence-electron chi connectivity index (χ3n) is 4.60. The summed E-state index contributed by atoms with van der Waals surface area (Å²) < 4.78 is 38.5. The van der Waals surface area contributed by atoms with Crippen LogP contribution in [0.25, 0.3) is 0 Å². The zero-order chi connectivity index (χ0) is 18.0. The van der Waals surface area contributed by atoms with Crippen LogP contribution in [0.1, 0.15) is 49.1 Å². The van der Waals surface area contributed by atoms with E-state index in [-0.39, 0.29) is 18.9 Å². The second-order valence-corrected chi connectivity index (χ2v) is 6.66. The van der Waals surface area contributed by atoms with Gasteiger partial charge in [-0.2, -0.15) is 18.3 Å². The molecule has 1 saturated carbocycles. The van der Waals surface area contributed by atoms with Crippen LogP contribution < -0.4 is 5.32 Å². The number of hydrogen-bond acceptors (Lipinski definition) is 3. The minimum atomic E-state index is -4.35. The Kier molecular flexibility index (Phi) is 5.57. The van der Waals surface area contributed by atoms with Crippen LogP contribution in [0, 0.1) is 13.8 Å². The van der Waals surface area contributed by atoms with Crippen molar-refractivity contribution < 1.29 is 23.1 Å². The molecule has 1 aliphatic rings. The molecule has 1 heterocycles. The molecule has 1 fully saturated rings. The zero-order valence-corrected chi connectivity index (χ0v) is 14.0. The summed E-state index contributed by atoms with van der Waals surface area (Å²) in [5, 5.41) is 17.0. The quantitative estimate of drug-likeness (QED) is 0.860. The van der Waals surface area contributed by atoms with Crippen molar-refractivity contribution in [3.8, 4) is 0 Å². The number of carbonyl (C=O) groups excluding carboxylic acids is 1. The highest BCUT2D eigenvalue weighted by atomic mass is 19.4. The molecule has 0 spiro atoms. The first-order valence-corrected chi connectivity index (χ1v) is 8.18. The van der Waals surface area contributed by atoms with E-state index in [4.69, 9.17) is 0 Å². The molecule has 0 unspecified atom stereocenters. The lowest BCUT2D eigenvalue weighted by Crippen LogP contribution is -2.44. The van der Waals surface area contributed by atoms with Gasteiger partial charge in [0.1, 0.15) is 6.54 Å². The summed E-state index contributed by atoms with van der Waals surface area (Å²) in [4.78, 5) is 12.1. The Labute approximate surface area is 139 Å². The molecular weight excluding hydrogens is 323 g/mol. The van der Waals surface area contributed by atoms with Gasteiger partial charge in [-0.15, -0.1) is 0 Å². The molecule has 2 rings (SSSR count). The van der Waals surface area contributed by atoms with Crippen molar-refractivity contribution in [2.24, 2.45) is 0 Å². The first kappa shape index (κ1) is 18.8. The van der Waals surface area contributed by atoms with E-state index >= 15 is 0 Å². The second-order valence-electron chi connectivity index (χ2n) is 6.66. The topological polar surface area (TPSA) is 67.2 Å². The number of nitrogens with zero attached hydrogens (tertiary/aromatic N) is 2. The number of amides is 1. The minimum Gasteiger partial charge on any atom is -0.388 e. The van der Waals surface area contributed by atoms with E-state index in [1.165, 1.54) is 6.92 Å². The summed E-state index contributed by atoms with van der Waals surface area (Å²) in [6, 6.07) is 0. The Morgan fingerprint density at radius 1 is 1.29 bits per heavy atom. The summed E-state index contributed by atoms with van der Waals surface area (Å²) in [7, 11) is 0. The van der Waals surface area contributed by atoms with Crippen LogP contribution in [-0.2, 0) is 17.8 Å².